The molecule has 13 heteroatoms. The number of amides is 2. The second kappa shape index (κ2) is 13.2. The number of ether oxygens (including phenoxy) is 1. The van der Waals surface area contributed by atoms with Gasteiger partial charge in [-0.2, -0.15) is 0 Å². The average molecular weight is 640 g/mol. The molecule has 45 heavy (non-hydrogen) atoms. The zero-order chi connectivity index (χ0) is 31.5. The molecule has 227 valence electrons. The van der Waals surface area contributed by atoms with Crippen molar-refractivity contribution in [3.63, 3.8) is 0 Å². The van der Waals surface area contributed by atoms with Crippen LogP contribution < -0.4 is 20.8 Å². The highest BCUT2D eigenvalue weighted by Crippen LogP contribution is 2.34. The Morgan fingerprint density at radius 1 is 1.07 bits per heavy atom. The number of carbonyl (C=O) groups is 2. The van der Waals surface area contributed by atoms with Gasteiger partial charge in [-0.1, -0.05) is 41.3 Å². The van der Waals surface area contributed by atoms with Crippen LogP contribution in [0.2, 0.25) is 5.02 Å². The maximum absolute atomic E-state index is 13.2. The zero-order valence-electron chi connectivity index (χ0n) is 24.6. The van der Waals surface area contributed by atoms with Crippen molar-refractivity contribution in [3.8, 4) is 11.4 Å². The van der Waals surface area contributed by atoms with E-state index >= 15 is 0 Å². The van der Waals surface area contributed by atoms with E-state index in [1.807, 2.05) is 60.0 Å². The quantitative estimate of drug-likeness (QED) is 0.201. The number of rotatable bonds is 10. The molecule has 0 saturated heterocycles. The Hall–Kier alpha value is -4.52. The third-order valence-electron chi connectivity index (χ3n) is 7.62. The van der Waals surface area contributed by atoms with Crippen molar-refractivity contribution < 1.29 is 19.3 Å². The Balaban J connectivity index is 1.15. The van der Waals surface area contributed by atoms with Crippen molar-refractivity contribution in [3.05, 3.63) is 99.4 Å². The molecule has 6 rings (SSSR count). The van der Waals surface area contributed by atoms with Gasteiger partial charge in [0.2, 0.25) is 11.8 Å². The first kappa shape index (κ1) is 30.5. The summed E-state index contributed by atoms with van der Waals surface area (Å²) in [6.45, 7) is 2.11. The molecule has 1 atom stereocenters. The molecule has 0 spiro atoms. The van der Waals surface area contributed by atoms with Gasteiger partial charge in [-0.25, -0.2) is 0 Å². The van der Waals surface area contributed by atoms with E-state index < -0.39 is 6.04 Å². The van der Waals surface area contributed by atoms with E-state index in [1.54, 1.807) is 30.6 Å². The third-order valence-corrected chi connectivity index (χ3v) is 8.87. The van der Waals surface area contributed by atoms with Crippen molar-refractivity contribution in [2.75, 3.05) is 20.2 Å². The molecule has 0 bridgehead atoms. The topological polar surface area (TPSA) is 131 Å². The number of benzene rings is 3. The van der Waals surface area contributed by atoms with Crippen molar-refractivity contribution in [2.24, 2.45) is 4.99 Å². The fraction of sp³-hybridized carbons (Fsp3) is 0.219. The van der Waals surface area contributed by atoms with Crippen LogP contribution in [0, 0.1) is 6.92 Å². The van der Waals surface area contributed by atoms with E-state index in [1.165, 1.54) is 0 Å². The molecule has 2 aromatic heterocycles. The predicted octanol–water partition coefficient (Wildman–Crippen LogP) is 3.45. The first-order valence-electron chi connectivity index (χ1n) is 14.3. The lowest BCUT2D eigenvalue weighted by Gasteiger charge is -2.14. The standard InChI is InChI=1S/C32H29BClN6O4S/c1-18-38-39-32-26(37-31(19-3-6-22(34)7-4-19)25-14-23(44-2)8-10-27(25)40(18)32)15-29(41)36-16-30(42)35-12-11-20-17-45-28-13-21(33-43)5-9-24(20)28/h3-10,13-14,17,26,43H,11-12,15-16H2,1-2H3,(H,35,42)(H,36,41). The number of halogens is 1. The molecule has 10 nitrogen and oxygen atoms in total. The number of fused-ring (bicyclic) bond motifs is 4. The fourth-order valence-corrected chi connectivity index (χ4v) is 6.55. The second-order valence-corrected chi connectivity index (χ2v) is 11.9. The normalized spacial score (nSPS) is 13.8. The van der Waals surface area contributed by atoms with E-state index in [0.29, 0.717) is 41.1 Å². The van der Waals surface area contributed by atoms with Crippen LogP contribution >= 0.6 is 22.9 Å². The van der Waals surface area contributed by atoms with Gasteiger partial charge in [0.05, 0.1) is 31.5 Å². The molecule has 3 aromatic carbocycles. The van der Waals surface area contributed by atoms with Crippen molar-refractivity contribution in [2.45, 2.75) is 25.8 Å². The highest BCUT2D eigenvalue weighted by atomic mass is 35.5. The maximum atomic E-state index is 13.2. The molecular weight excluding hydrogens is 611 g/mol. The van der Waals surface area contributed by atoms with Crippen LogP contribution in [0.1, 0.15) is 40.8 Å². The van der Waals surface area contributed by atoms with Crippen LogP contribution in [-0.2, 0) is 16.0 Å². The number of nitrogens with zero attached hydrogens (tertiary/aromatic N) is 4. The highest BCUT2D eigenvalue weighted by Gasteiger charge is 2.30. The lowest BCUT2D eigenvalue weighted by atomic mass is 9.88. The molecule has 1 aliphatic heterocycles. The van der Waals surface area contributed by atoms with E-state index in [4.69, 9.17) is 21.3 Å². The third kappa shape index (κ3) is 6.49. The predicted molar refractivity (Wildman–Crippen MR) is 176 cm³/mol. The number of hydrogen-bond acceptors (Lipinski definition) is 8. The maximum Gasteiger partial charge on any atom is 0.326 e. The Kier molecular flexibility index (Phi) is 8.97. The van der Waals surface area contributed by atoms with Gasteiger partial charge in [0.25, 0.3) is 0 Å². The molecule has 3 heterocycles. The molecule has 0 fully saturated rings. The first-order valence-corrected chi connectivity index (χ1v) is 15.6. The lowest BCUT2D eigenvalue weighted by Crippen LogP contribution is -2.38. The first-order chi connectivity index (χ1) is 21.8. The van der Waals surface area contributed by atoms with Crippen molar-refractivity contribution in [1.29, 1.82) is 0 Å². The largest absolute Gasteiger partial charge is 0.497 e. The molecule has 0 saturated carbocycles. The van der Waals surface area contributed by atoms with E-state index in [-0.39, 0.29) is 24.8 Å². The zero-order valence-corrected chi connectivity index (χ0v) is 26.2. The van der Waals surface area contributed by atoms with E-state index in [2.05, 4.69) is 26.2 Å². The number of methoxy groups -OCH3 is 1. The van der Waals surface area contributed by atoms with Gasteiger partial charge in [0.1, 0.15) is 17.6 Å². The summed E-state index contributed by atoms with van der Waals surface area (Å²) in [5.41, 5.74) is 4.96. The molecule has 1 aliphatic rings. The minimum atomic E-state index is -0.672. The number of carbonyl (C=O) groups excluding carboxylic acids is 2. The minimum absolute atomic E-state index is 0.0399. The summed E-state index contributed by atoms with van der Waals surface area (Å²) < 4.78 is 8.49. The summed E-state index contributed by atoms with van der Waals surface area (Å²) in [5.74, 6) is 1.20. The molecule has 5 aromatic rings. The summed E-state index contributed by atoms with van der Waals surface area (Å²) in [5, 5.41) is 27.3. The molecular formula is C32H29BClN6O4S. The van der Waals surface area contributed by atoms with Crippen LogP contribution in [0.4, 0.5) is 0 Å². The molecule has 1 radical (unpaired) electrons. The SMILES string of the molecule is COc1ccc2c(c1)C(c1ccc(Cl)cc1)=NC(CC(=O)NCC(=O)NCCc1csc3cc([B]O)ccc13)c1nnc(C)n1-2. The Bertz CT molecular complexity index is 1920. The van der Waals surface area contributed by atoms with Crippen LogP contribution in [0.3, 0.4) is 0 Å². The number of aliphatic imine (C=N–C) groups is 1. The Morgan fingerprint density at radius 3 is 2.67 bits per heavy atom. The Morgan fingerprint density at radius 2 is 1.89 bits per heavy atom. The number of hydrogen-bond donors (Lipinski definition) is 3. The fourth-order valence-electron chi connectivity index (χ4n) is 5.38. The molecule has 2 amide bonds. The summed E-state index contributed by atoms with van der Waals surface area (Å²) in [6.07, 6.45) is 0.605. The van der Waals surface area contributed by atoms with Crippen LogP contribution in [0.15, 0.2) is 71.0 Å². The van der Waals surface area contributed by atoms with Crippen LogP contribution in [0.5, 0.6) is 5.75 Å². The van der Waals surface area contributed by atoms with E-state index in [0.717, 1.165) is 45.4 Å². The van der Waals surface area contributed by atoms with Crippen LogP contribution in [-0.4, -0.2) is 65.0 Å². The monoisotopic (exact) mass is 639 g/mol. The van der Waals surface area contributed by atoms with Gasteiger partial charge in [-0.15, -0.1) is 21.5 Å². The van der Waals surface area contributed by atoms with Gasteiger partial charge in [0, 0.05) is 27.4 Å². The van der Waals surface area contributed by atoms with Crippen molar-refractivity contribution in [1.82, 2.24) is 25.4 Å². The van der Waals surface area contributed by atoms with Gasteiger partial charge in [-0.3, -0.25) is 19.1 Å². The lowest BCUT2D eigenvalue weighted by molar-refractivity contribution is -0.126. The second-order valence-electron chi connectivity index (χ2n) is 10.6. The van der Waals surface area contributed by atoms with Gasteiger partial charge >= 0.3 is 7.48 Å². The van der Waals surface area contributed by atoms with E-state index in [9.17, 15) is 14.6 Å². The van der Waals surface area contributed by atoms with Gasteiger partial charge in [-0.05, 0) is 66.1 Å². The molecule has 0 aliphatic carbocycles. The number of aromatic nitrogens is 3. The summed E-state index contributed by atoms with van der Waals surface area (Å²) in [6, 6.07) is 18.1. The summed E-state index contributed by atoms with van der Waals surface area (Å²) >= 11 is 7.77. The minimum Gasteiger partial charge on any atom is -0.497 e. The van der Waals surface area contributed by atoms with Gasteiger partial charge in [0.15, 0.2) is 5.82 Å². The number of aryl methyl sites for hydroxylation is 1. The van der Waals surface area contributed by atoms with Crippen molar-refractivity contribution >= 4 is 63.5 Å². The smallest absolute Gasteiger partial charge is 0.326 e. The summed E-state index contributed by atoms with van der Waals surface area (Å²) in [4.78, 5) is 30.9. The van der Waals surface area contributed by atoms with Gasteiger partial charge < -0.3 is 20.4 Å². The van der Waals surface area contributed by atoms with Crippen LogP contribution in [0.25, 0.3) is 15.8 Å². The Labute approximate surface area is 269 Å². The average Bonchev–Trinajstić information content (AvgIpc) is 3.61. The summed E-state index contributed by atoms with van der Waals surface area (Å²) in [7, 11) is 2.68. The molecule has 1 unspecified atom stereocenters. The highest BCUT2D eigenvalue weighted by molar-refractivity contribution is 7.17. The number of thiophene rings is 1. The molecule has 3 N–H and O–H groups in total. The number of nitrogens with one attached hydrogen (secondary N) is 2.